The molecular formula is C19H23NO6S. The van der Waals surface area contributed by atoms with E-state index in [1.54, 1.807) is 6.92 Å². The van der Waals surface area contributed by atoms with Crippen LogP contribution in [0.25, 0.3) is 0 Å². The first-order valence-electron chi connectivity index (χ1n) is 8.36. The molecule has 1 unspecified atom stereocenters. The van der Waals surface area contributed by atoms with E-state index >= 15 is 0 Å². The minimum atomic E-state index is -3.99. The molecule has 0 saturated carbocycles. The van der Waals surface area contributed by atoms with Gasteiger partial charge < -0.3 is 14.2 Å². The van der Waals surface area contributed by atoms with E-state index in [0.717, 1.165) is 5.56 Å². The molecule has 1 atom stereocenters. The lowest BCUT2D eigenvalue weighted by Crippen LogP contribution is -2.43. The topological polar surface area (TPSA) is 90.9 Å². The third-order valence-corrected chi connectivity index (χ3v) is 5.29. The van der Waals surface area contributed by atoms with Gasteiger partial charge in [-0.05, 0) is 31.0 Å². The van der Waals surface area contributed by atoms with Gasteiger partial charge in [0.25, 0.3) is 0 Å². The van der Waals surface area contributed by atoms with Crippen LogP contribution in [0.15, 0.2) is 53.4 Å². The summed E-state index contributed by atoms with van der Waals surface area (Å²) in [4.78, 5) is 12.2. The van der Waals surface area contributed by atoms with Gasteiger partial charge >= 0.3 is 5.97 Å². The molecule has 2 aromatic carbocycles. The molecule has 0 spiro atoms. The third-order valence-electron chi connectivity index (χ3n) is 3.82. The second-order valence-electron chi connectivity index (χ2n) is 5.63. The third kappa shape index (κ3) is 5.45. The Morgan fingerprint density at radius 1 is 1.04 bits per heavy atom. The van der Waals surface area contributed by atoms with Gasteiger partial charge in [-0.1, -0.05) is 30.3 Å². The Morgan fingerprint density at radius 2 is 1.70 bits per heavy atom. The molecule has 2 aromatic rings. The van der Waals surface area contributed by atoms with Crippen LogP contribution in [0, 0.1) is 0 Å². The SMILES string of the molecule is CCOC(=O)C(Cc1ccccc1)NS(=O)(=O)c1ccc(OC)c(OC)c1. The predicted octanol–water partition coefficient (Wildman–Crippen LogP) is 2.16. The van der Waals surface area contributed by atoms with Gasteiger partial charge in [-0.3, -0.25) is 4.79 Å². The summed E-state index contributed by atoms with van der Waals surface area (Å²) in [5, 5.41) is 0. The van der Waals surface area contributed by atoms with Crippen molar-refractivity contribution in [2.24, 2.45) is 0 Å². The summed E-state index contributed by atoms with van der Waals surface area (Å²) in [5.74, 6) is 0.0456. The minimum absolute atomic E-state index is 0.0393. The van der Waals surface area contributed by atoms with E-state index in [0.29, 0.717) is 5.75 Å². The summed E-state index contributed by atoms with van der Waals surface area (Å²) in [6, 6.07) is 12.3. The first kappa shape index (κ1) is 20.7. The van der Waals surface area contributed by atoms with Crippen molar-refractivity contribution < 1.29 is 27.4 Å². The van der Waals surface area contributed by atoms with Crippen molar-refractivity contribution in [3.05, 3.63) is 54.1 Å². The maximum atomic E-state index is 12.8. The number of methoxy groups -OCH3 is 2. The van der Waals surface area contributed by atoms with Crippen molar-refractivity contribution >= 4 is 16.0 Å². The monoisotopic (exact) mass is 393 g/mol. The fourth-order valence-electron chi connectivity index (χ4n) is 2.50. The Hall–Kier alpha value is -2.58. The molecule has 0 aromatic heterocycles. The summed E-state index contributed by atoms with van der Waals surface area (Å²) in [6.07, 6.45) is 0.173. The van der Waals surface area contributed by atoms with Crippen molar-refractivity contribution in [3.63, 3.8) is 0 Å². The predicted molar refractivity (Wildman–Crippen MR) is 100 cm³/mol. The van der Waals surface area contributed by atoms with Crippen LogP contribution in [-0.2, 0) is 26.0 Å². The summed E-state index contributed by atoms with van der Waals surface area (Å²) in [7, 11) is -1.11. The minimum Gasteiger partial charge on any atom is -0.493 e. The Kier molecular flexibility index (Phi) is 7.20. The number of hydrogen-bond donors (Lipinski definition) is 1. The fraction of sp³-hybridized carbons (Fsp3) is 0.316. The molecule has 2 rings (SSSR count). The second kappa shape index (κ2) is 9.38. The first-order valence-corrected chi connectivity index (χ1v) is 9.84. The Labute approximate surface area is 159 Å². The molecule has 0 heterocycles. The van der Waals surface area contributed by atoms with E-state index in [9.17, 15) is 13.2 Å². The average Bonchev–Trinajstić information content (AvgIpc) is 2.67. The second-order valence-corrected chi connectivity index (χ2v) is 7.35. The van der Waals surface area contributed by atoms with Gasteiger partial charge in [-0.15, -0.1) is 0 Å². The molecule has 1 N–H and O–H groups in total. The number of sulfonamides is 1. The van der Waals surface area contributed by atoms with Crippen molar-refractivity contribution in [2.45, 2.75) is 24.3 Å². The largest absolute Gasteiger partial charge is 0.493 e. The molecule has 0 radical (unpaired) electrons. The van der Waals surface area contributed by atoms with Crippen molar-refractivity contribution in [1.29, 1.82) is 0 Å². The smallest absolute Gasteiger partial charge is 0.324 e. The zero-order chi connectivity index (χ0) is 19.9. The molecule has 0 fully saturated rings. The van der Waals surface area contributed by atoms with Gasteiger partial charge in [-0.25, -0.2) is 8.42 Å². The van der Waals surface area contributed by atoms with Crippen LogP contribution in [0.2, 0.25) is 0 Å². The van der Waals surface area contributed by atoms with Crippen molar-refractivity contribution in [1.82, 2.24) is 4.72 Å². The molecule has 0 aliphatic carbocycles. The van der Waals surface area contributed by atoms with Crippen LogP contribution in [0.4, 0.5) is 0 Å². The Bertz CT molecular complexity index is 867. The number of ether oxygens (including phenoxy) is 3. The molecular weight excluding hydrogens is 370 g/mol. The van der Waals surface area contributed by atoms with Crippen LogP contribution < -0.4 is 14.2 Å². The highest BCUT2D eigenvalue weighted by Crippen LogP contribution is 2.29. The van der Waals surface area contributed by atoms with E-state index in [2.05, 4.69) is 4.72 Å². The summed E-state index contributed by atoms with van der Waals surface area (Å²) < 4.78 is 43.3. The van der Waals surface area contributed by atoms with Gasteiger partial charge in [-0.2, -0.15) is 4.72 Å². The number of carbonyl (C=O) groups excluding carboxylic acids is 1. The fourth-order valence-corrected chi connectivity index (χ4v) is 3.70. The average molecular weight is 393 g/mol. The number of hydrogen-bond acceptors (Lipinski definition) is 6. The van der Waals surface area contributed by atoms with Gasteiger partial charge in [0.05, 0.1) is 25.7 Å². The van der Waals surface area contributed by atoms with Crippen LogP contribution in [0.3, 0.4) is 0 Å². The van der Waals surface area contributed by atoms with Gasteiger partial charge in [0.1, 0.15) is 6.04 Å². The summed E-state index contributed by atoms with van der Waals surface area (Å²) >= 11 is 0. The Morgan fingerprint density at radius 3 is 2.30 bits per heavy atom. The van der Waals surface area contributed by atoms with E-state index < -0.39 is 22.0 Å². The van der Waals surface area contributed by atoms with Crippen LogP contribution in [-0.4, -0.2) is 41.3 Å². The first-order chi connectivity index (χ1) is 12.9. The van der Waals surface area contributed by atoms with Crippen molar-refractivity contribution in [3.8, 4) is 11.5 Å². The van der Waals surface area contributed by atoms with Gasteiger partial charge in [0.2, 0.25) is 10.0 Å². The lowest BCUT2D eigenvalue weighted by molar-refractivity contribution is -0.145. The molecule has 0 saturated heterocycles. The highest BCUT2D eigenvalue weighted by Gasteiger charge is 2.27. The number of benzene rings is 2. The van der Waals surface area contributed by atoms with E-state index in [4.69, 9.17) is 14.2 Å². The molecule has 27 heavy (non-hydrogen) atoms. The molecule has 0 bridgehead atoms. The lowest BCUT2D eigenvalue weighted by Gasteiger charge is -2.18. The summed E-state index contributed by atoms with van der Waals surface area (Å²) in [6.45, 7) is 1.82. The van der Waals surface area contributed by atoms with Gasteiger partial charge in [0.15, 0.2) is 11.5 Å². The van der Waals surface area contributed by atoms with Crippen LogP contribution in [0.5, 0.6) is 11.5 Å². The molecule has 7 nitrogen and oxygen atoms in total. The normalized spacial score (nSPS) is 12.3. The maximum absolute atomic E-state index is 12.8. The number of carbonyl (C=O) groups is 1. The lowest BCUT2D eigenvalue weighted by atomic mass is 10.1. The molecule has 8 heteroatoms. The highest BCUT2D eigenvalue weighted by molar-refractivity contribution is 7.89. The Balaban J connectivity index is 2.30. The van der Waals surface area contributed by atoms with E-state index in [1.165, 1.54) is 32.4 Å². The molecule has 0 aliphatic rings. The molecule has 0 aliphatic heterocycles. The molecule has 0 amide bonds. The standard InChI is InChI=1S/C19H23NO6S/c1-4-26-19(21)16(12-14-8-6-5-7-9-14)20-27(22,23)15-10-11-17(24-2)18(13-15)25-3/h5-11,13,16,20H,4,12H2,1-3H3. The van der Waals surface area contributed by atoms with Gasteiger partial charge in [0, 0.05) is 6.07 Å². The summed E-state index contributed by atoms with van der Waals surface area (Å²) in [5.41, 5.74) is 0.811. The number of rotatable bonds is 9. The maximum Gasteiger partial charge on any atom is 0.324 e. The van der Waals surface area contributed by atoms with Crippen LogP contribution >= 0.6 is 0 Å². The number of nitrogens with one attached hydrogen (secondary N) is 1. The molecule has 146 valence electrons. The zero-order valence-electron chi connectivity index (χ0n) is 15.5. The highest BCUT2D eigenvalue weighted by atomic mass is 32.2. The zero-order valence-corrected chi connectivity index (χ0v) is 16.3. The van der Waals surface area contributed by atoms with E-state index in [-0.39, 0.29) is 23.7 Å². The van der Waals surface area contributed by atoms with Crippen molar-refractivity contribution in [2.75, 3.05) is 20.8 Å². The number of esters is 1. The van der Waals surface area contributed by atoms with Crippen LogP contribution in [0.1, 0.15) is 12.5 Å². The van der Waals surface area contributed by atoms with E-state index in [1.807, 2.05) is 30.3 Å². The quantitative estimate of drug-likeness (QED) is 0.657.